The summed E-state index contributed by atoms with van der Waals surface area (Å²) in [6.07, 6.45) is 4.80. The second kappa shape index (κ2) is 1.64. The van der Waals surface area contributed by atoms with Gasteiger partial charge in [-0.2, -0.15) is 0 Å². The quantitative estimate of drug-likeness (QED) is 0.616. The first-order valence-corrected chi connectivity index (χ1v) is 5.36. The van der Waals surface area contributed by atoms with E-state index in [0.717, 1.165) is 48.3 Å². The van der Waals surface area contributed by atoms with Gasteiger partial charge in [0.25, 0.3) is 0 Å². The summed E-state index contributed by atoms with van der Waals surface area (Å²) < 4.78 is 0. The van der Waals surface area contributed by atoms with Gasteiger partial charge in [0.05, 0.1) is 0 Å². The summed E-state index contributed by atoms with van der Waals surface area (Å²) in [6.45, 7) is 0. The molecule has 0 spiro atoms. The summed E-state index contributed by atoms with van der Waals surface area (Å²) in [5, 5.41) is 0. The first-order chi connectivity index (χ1) is 5.84. The summed E-state index contributed by atoms with van der Waals surface area (Å²) in [7, 11) is 0. The van der Waals surface area contributed by atoms with E-state index in [2.05, 4.69) is 0 Å². The topological polar surface area (TPSA) is 17.1 Å². The molecule has 1 heteroatoms. The van der Waals surface area contributed by atoms with Gasteiger partial charge in [-0.05, 0) is 48.3 Å². The van der Waals surface area contributed by atoms with Gasteiger partial charge < -0.3 is 0 Å². The fourth-order valence-corrected chi connectivity index (χ4v) is 3.04. The molecule has 12 heavy (non-hydrogen) atoms. The van der Waals surface area contributed by atoms with Crippen LogP contribution in [0.2, 0.25) is 0 Å². The summed E-state index contributed by atoms with van der Waals surface area (Å²) in [6, 6.07) is 0. The Morgan fingerprint density at radius 3 is 1.58 bits per heavy atom. The molecule has 0 aliphatic heterocycles. The molecule has 0 saturated heterocycles. The highest BCUT2D eigenvalue weighted by Crippen LogP contribution is 2.71. The molecule has 0 heterocycles. The van der Waals surface area contributed by atoms with Gasteiger partial charge in [-0.25, -0.2) is 0 Å². The second-order valence-corrected chi connectivity index (χ2v) is 5.40. The van der Waals surface area contributed by atoms with E-state index in [9.17, 15) is 4.79 Å². The van der Waals surface area contributed by atoms with Crippen LogP contribution in [-0.2, 0) is 4.79 Å². The number of Topliss-reactive ketones (excluding diaryl/α,β-unsaturated/α-hetero) is 1. The molecule has 4 rings (SSSR count). The van der Waals surface area contributed by atoms with E-state index in [4.69, 9.17) is 0 Å². The smallest absolute Gasteiger partial charge is 0.133 e. The third kappa shape index (κ3) is 0.725. The Bertz CT molecular complexity index is 228. The van der Waals surface area contributed by atoms with Crippen molar-refractivity contribution >= 4 is 5.78 Å². The van der Waals surface area contributed by atoms with Gasteiger partial charge in [0.2, 0.25) is 0 Å². The summed E-state index contributed by atoms with van der Waals surface area (Å²) >= 11 is 0. The number of ketones is 1. The molecule has 4 fully saturated rings. The van der Waals surface area contributed by atoms with Gasteiger partial charge >= 0.3 is 0 Å². The standard InChI is InChI=1S/C11H14O/c12-5(1-6-8-3-9(6)8)2-7-10-4-11(7)10/h6-11H,1-4H2. The van der Waals surface area contributed by atoms with Gasteiger partial charge in [0.1, 0.15) is 5.78 Å². The number of carbonyl (C=O) groups is 1. The van der Waals surface area contributed by atoms with Gasteiger partial charge in [-0.15, -0.1) is 0 Å². The minimum atomic E-state index is 0.587. The van der Waals surface area contributed by atoms with Gasteiger partial charge in [-0.1, -0.05) is 0 Å². The molecular formula is C11H14O. The zero-order chi connectivity index (χ0) is 7.87. The zero-order valence-electron chi connectivity index (χ0n) is 7.20. The van der Waals surface area contributed by atoms with E-state index in [1.807, 2.05) is 0 Å². The predicted molar refractivity (Wildman–Crippen MR) is 44.4 cm³/mol. The molecule has 0 aromatic rings. The zero-order valence-corrected chi connectivity index (χ0v) is 7.20. The van der Waals surface area contributed by atoms with E-state index in [1.54, 1.807) is 0 Å². The van der Waals surface area contributed by atoms with E-state index in [0.29, 0.717) is 5.78 Å². The molecule has 1 nitrogen and oxygen atoms in total. The minimum Gasteiger partial charge on any atom is -0.300 e. The van der Waals surface area contributed by atoms with Gasteiger partial charge in [0, 0.05) is 12.8 Å². The van der Waals surface area contributed by atoms with Crippen LogP contribution in [0.15, 0.2) is 0 Å². The molecule has 0 aromatic heterocycles. The van der Waals surface area contributed by atoms with E-state index in [-0.39, 0.29) is 0 Å². The van der Waals surface area contributed by atoms with Crippen LogP contribution in [0.1, 0.15) is 25.7 Å². The van der Waals surface area contributed by atoms with Crippen LogP contribution < -0.4 is 0 Å². The van der Waals surface area contributed by atoms with Crippen molar-refractivity contribution in [2.45, 2.75) is 25.7 Å². The largest absolute Gasteiger partial charge is 0.300 e. The van der Waals surface area contributed by atoms with Crippen LogP contribution in [0.5, 0.6) is 0 Å². The Morgan fingerprint density at radius 2 is 1.33 bits per heavy atom. The molecule has 0 amide bonds. The van der Waals surface area contributed by atoms with Crippen molar-refractivity contribution in [3.05, 3.63) is 0 Å². The fourth-order valence-electron chi connectivity index (χ4n) is 3.04. The fraction of sp³-hybridized carbons (Fsp3) is 0.909. The lowest BCUT2D eigenvalue weighted by molar-refractivity contribution is -0.120. The highest BCUT2D eigenvalue weighted by atomic mass is 16.1. The monoisotopic (exact) mass is 162 g/mol. The van der Waals surface area contributed by atoms with E-state index < -0.39 is 0 Å². The number of carbonyl (C=O) groups excluding carboxylic acids is 1. The van der Waals surface area contributed by atoms with Crippen molar-refractivity contribution in [2.24, 2.45) is 35.5 Å². The highest BCUT2D eigenvalue weighted by Gasteiger charge is 2.66. The average molecular weight is 162 g/mol. The van der Waals surface area contributed by atoms with E-state index in [1.165, 1.54) is 12.8 Å². The lowest BCUT2D eigenvalue weighted by atomic mass is 10.00. The Balaban J connectivity index is 1.28. The molecule has 4 saturated carbocycles. The van der Waals surface area contributed by atoms with Crippen molar-refractivity contribution in [2.75, 3.05) is 0 Å². The number of fused-ring (bicyclic) bond motifs is 2. The maximum atomic E-state index is 11.5. The van der Waals surface area contributed by atoms with Crippen molar-refractivity contribution in [3.63, 3.8) is 0 Å². The molecule has 4 aliphatic rings. The maximum Gasteiger partial charge on any atom is 0.133 e. The molecule has 4 aliphatic carbocycles. The maximum absolute atomic E-state index is 11.5. The Labute approximate surface area is 72.5 Å². The Kier molecular flexibility index (Phi) is 0.843. The van der Waals surface area contributed by atoms with E-state index >= 15 is 0 Å². The van der Waals surface area contributed by atoms with Crippen LogP contribution in [0.25, 0.3) is 0 Å². The Morgan fingerprint density at radius 1 is 0.917 bits per heavy atom. The molecule has 4 unspecified atom stereocenters. The molecule has 0 radical (unpaired) electrons. The molecule has 64 valence electrons. The molecule has 4 atom stereocenters. The van der Waals surface area contributed by atoms with Crippen molar-refractivity contribution in [1.29, 1.82) is 0 Å². The third-order valence-corrected chi connectivity index (χ3v) is 4.63. The highest BCUT2D eigenvalue weighted by molar-refractivity contribution is 5.80. The first-order valence-electron chi connectivity index (χ1n) is 5.36. The lowest BCUT2D eigenvalue weighted by Gasteiger charge is -2.04. The molecule has 0 bridgehead atoms. The summed E-state index contributed by atoms with van der Waals surface area (Å²) in [4.78, 5) is 11.5. The van der Waals surface area contributed by atoms with Crippen LogP contribution in [0.3, 0.4) is 0 Å². The number of hydrogen-bond acceptors (Lipinski definition) is 1. The van der Waals surface area contributed by atoms with Crippen LogP contribution in [0.4, 0.5) is 0 Å². The predicted octanol–water partition coefficient (Wildman–Crippen LogP) is 1.87. The summed E-state index contributed by atoms with van der Waals surface area (Å²) in [5.74, 6) is 6.39. The number of hydrogen-bond donors (Lipinski definition) is 0. The number of rotatable bonds is 4. The normalized spacial score (nSPS) is 61.7. The molecular weight excluding hydrogens is 148 g/mol. The van der Waals surface area contributed by atoms with Crippen LogP contribution >= 0.6 is 0 Å². The third-order valence-electron chi connectivity index (χ3n) is 4.63. The minimum absolute atomic E-state index is 0.587. The van der Waals surface area contributed by atoms with Crippen LogP contribution in [0, 0.1) is 35.5 Å². The van der Waals surface area contributed by atoms with Gasteiger partial charge in [0.15, 0.2) is 0 Å². The van der Waals surface area contributed by atoms with Crippen molar-refractivity contribution in [1.82, 2.24) is 0 Å². The lowest BCUT2D eigenvalue weighted by Crippen LogP contribution is -2.06. The first kappa shape index (κ1) is 6.17. The average Bonchev–Trinajstić information content (AvgIpc) is 2.78. The summed E-state index contributed by atoms with van der Waals surface area (Å²) in [5.41, 5.74) is 0. The SMILES string of the molecule is O=C(CC1C2CC12)CC1C2CC12. The second-order valence-electron chi connectivity index (χ2n) is 5.40. The van der Waals surface area contributed by atoms with Crippen LogP contribution in [-0.4, -0.2) is 5.78 Å². The van der Waals surface area contributed by atoms with Gasteiger partial charge in [-0.3, -0.25) is 4.79 Å². The Hall–Kier alpha value is -0.330. The molecule has 0 N–H and O–H groups in total. The molecule has 0 aromatic carbocycles. The van der Waals surface area contributed by atoms with Crippen molar-refractivity contribution in [3.8, 4) is 0 Å². The van der Waals surface area contributed by atoms with Crippen molar-refractivity contribution < 1.29 is 4.79 Å².